The molecule has 5 nitrogen and oxygen atoms in total. The molecule has 0 radical (unpaired) electrons. The summed E-state index contributed by atoms with van der Waals surface area (Å²) in [7, 11) is 0. The van der Waals surface area contributed by atoms with Crippen LogP contribution >= 0.6 is 0 Å². The predicted molar refractivity (Wildman–Crippen MR) is 62.1 cm³/mol. The lowest BCUT2D eigenvalue weighted by molar-refractivity contribution is -0.127. The minimum absolute atomic E-state index is 0.242. The molecule has 0 bridgehead atoms. The fourth-order valence-electron chi connectivity index (χ4n) is 1.17. The van der Waals surface area contributed by atoms with E-state index in [0.29, 0.717) is 5.56 Å². The van der Waals surface area contributed by atoms with Gasteiger partial charge in [0.15, 0.2) is 0 Å². The van der Waals surface area contributed by atoms with Crippen LogP contribution in [0.25, 0.3) is 0 Å². The zero-order chi connectivity index (χ0) is 12.8. The predicted octanol–water partition coefficient (Wildman–Crippen LogP) is 0.735. The van der Waals surface area contributed by atoms with E-state index in [1.807, 2.05) is 6.92 Å². The molecule has 0 saturated heterocycles. The molecule has 0 aliphatic carbocycles. The molecule has 2 N–H and O–H groups in total. The number of aryl methyl sites for hydroxylation is 1. The summed E-state index contributed by atoms with van der Waals surface area (Å²) in [4.78, 5) is 33.3. The molecule has 1 aromatic carbocycles. The van der Waals surface area contributed by atoms with Gasteiger partial charge < -0.3 is 0 Å². The van der Waals surface area contributed by atoms with E-state index in [1.54, 1.807) is 24.3 Å². The number of ketones is 1. The molecule has 0 atom stereocenters. The van der Waals surface area contributed by atoms with Crippen LogP contribution in [0, 0.1) is 6.92 Å². The lowest BCUT2D eigenvalue weighted by Crippen LogP contribution is -2.42. The summed E-state index contributed by atoms with van der Waals surface area (Å²) in [5, 5.41) is 0. The molecule has 1 aromatic rings. The van der Waals surface area contributed by atoms with E-state index < -0.39 is 11.8 Å². The maximum atomic E-state index is 11.5. The van der Waals surface area contributed by atoms with Gasteiger partial charge in [-0.05, 0) is 26.0 Å². The third kappa shape index (κ3) is 4.46. The van der Waals surface area contributed by atoms with Crippen LogP contribution in [0.3, 0.4) is 0 Å². The molecule has 0 heterocycles. The van der Waals surface area contributed by atoms with Crippen molar-refractivity contribution < 1.29 is 14.4 Å². The van der Waals surface area contributed by atoms with Gasteiger partial charge in [-0.1, -0.05) is 17.7 Å². The van der Waals surface area contributed by atoms with Crippen molar-refractivity contribution in [2.45, 2.75) is 20.3 Å². The second kappa shape index (κ2) is 5.79. The van der Waals surface area contributed by atoms with Gasteiger partial charge >= 0.3 is 0 Å². The van der Waals surface area contributed by atoms with Gasteiger partial charge in [-0.25, -0.2) is 0 Å². The van der Waals surface area contributed by atoms with Gasteiger partial charge in [0.25, 0.3) is 5.91 Å². The first-order chi connectivity index (χ1) is 7.99. The number of amides is 2. The minimum Gasteiger partial charge on any atom is -0.299 e. The normalized spacial score (nSPS) is 9.53. The molecule has 5 heteroatoms. The minimum atomic E-state index is -0.530. The third-order valence-electron chi connectivity index (χ3n) is 2.04. The van der Waals surface area contributed by atoms with Gasteiger partial charge in [0.05, 0.1) is 6.42 Å². The highest BCUT2D eigenvalue weighted by molar-refractivity contribution is 5.99. The fraction of sp³-hybridized carbons (Fsp3) is 0.250. The van der Waals surface area contributed by atoms with Crippen molar-refractivity contribution in [3.8, 4) is 0 Å². The number of Topliss-reactive ketones (excluding diaryl/α,β-unsaturated/α-hetero) is 1. The Morgan fingerprint density at radius 2 is 1.65 bits per heavy atom. The van der Waals surface area contributed by atoms with Crippen molar-refractivity contribution in [1.82, 2.24) is 10.9 Å². The van der Waals surface area contributed by atoms with Crippen molar-refractivity contribution in [3.63, 3.8) is 0 Å². The summed E-state index contributed by atoms with van der Waals surface area (Å²) in [6.45, 7) is 3.22. The topological polar surface area (TPSA) is 75.3 Å². The summed E-state index contributed by atoms with van der Waals surface area (Å²) < 4.78 is 0. The second-order valence-electron chi connectivity index (χ2n) is 3.75. The first kappa shape index (κ1) is 12.9. The molecule has 0 saturated carbocycles. The first-order valence-corrected chi connectivity index (χ1v) is 5.14. The summed E-state index contributed by atoms with van der Waals surface area (Å²) >= 11 is 0. The lowest BCUT2D eigenvalue weighted by Gasteiger charge is -2.06. The second-order valence-corrected chi connectivity index (χ2v) is 3.75. The molecule has 0 aliphatic rings. The van der Waals surface area contributed by atoms with E-state index in [1.165, 1.54) is 6.92 Å². The van der Waals surface area contributed by atoms with Crippen molar-refractivity contribution in [2.75, 3.05) is 0 Å². The van der Waals surface area contributed by atoms with E-state index in [0.717, 1.165) is 5.56 Å². The molecule has 17 heavy (non-hydrogen) atoms. The maximum absolute atomic E-state index is 11.5. The van der Waals surface area contributed by atoms with E-state index >= 15 is 0 Å². The molecule has 0 aliphatic heterocycles. The van der Waals surface area contributed by atoms with Crippen molar-refractivity contribution in [3.05, 3.63) is 35.4 Å². The number of hydrogen-bond donors (Lipinski definition) is 2. The molecule has 0 spiro atoms. The maximum Gasteiger partial charge on any atom is 0.269 e. The van der Waals surface area contributed by atoms with Gasteiger partial charge in [-0.2, -0.15) is 0 Å². The van der Waals surface area contributed by atoms with Gasteiger partial charge in [0.2, 0.25) is 5.91 Å². The van der Waals surface area contributed by atoms with E-state index in [2.05, 4.69) is 10.9 Å². The quantitative estimate of drug-likeness (QED) is 0.598. The van der Waals surface area contributed by atoms with E-state index in [9.17, 15) is 14.4 Å². The van der Waals surface area contributed by atoms with Crippen LogP contribution < -0.4 is 10.9 Å². The average molecular weight is 234 g/mol. The molecular weight excluding hydrogens is 220 g/mol. The Morgan fingerprint density at radius 3 is 2.18 bits per heavy atom. The van der Waals surface area contributed by atoms with Gasteiger partial charge in [0.1, 0.15) is 5.78 Å². The Hall–Kier alpha value is -2.17. The van der Waals surface area contributed by atoms with Gasteiger partial charge in [0, 0.05) is 5.56 Å². The number of rotatable bonds is 3. The largest absolute Gasteiger partial charge is 0.299 e. The lowest BCUT2D eigenvalue weighted by atomic mass is 10.1. The molecule has 0 fully saturated rings. The SMILES string of the molecule is CC(=O)CC(=O)NNC(=O)c1ccc(C)cc1. The molecular formula is C12H14N2O3. The van der Waals surface area contributed by atoms with Crippen LogP contribution in [0.5, 0.6) is 0 Å². The highest BCUT2D eigenvalue weighted by atomic mass is 16.2. The van der Waals surface area contributed by atoms with Crippen molar-refractivity contribution >= 4 is 17.6 Å². The van der Waals surface area contributed by atoms with Crippen LogP contribution in [0.15, 0.2) is 24.3 Å². The Bertz CT molecular complexity index is 438. The summed E-state index contributed by atoms with van der Waals surface area (Å²) in [5.41, 5.74) is 5.89. The molecule has 0 aromatic heterocycles. The third-order valence-corrected chi connectivity index (χ3v) is 2.04. The summed E-state index contributed by atoms with van der Waals surface area (Å²) in [6, 6.07) is 6.90. The van der Waals surface area contributed by atoms with E-state index in [4.69, 9.17) is 0 Å². The Balaban J connectivity index is 2.47. The molecule has 1 rings (SSSR count). The Labute approximate surface area is 99.2 Å². The number of nitrogens with one attached hydrogen (secondary N) is 2. The van der Waals surface area contributed by atoms with Gasteiger partial charge in [-0.3, -0.25) is 25.2 Å². The zero-order valence-corrected chi connectivity index (χ0v) is 9.74. The van der Waals surface area contributed by atoms with Gasteiger partial charge in [-0.15, -0.1) is 0 Å². The van der Waals surface area contributed by atoms with Crippen LogP contribution in [0.2, 0.25) is 0 Å². The van der Waals surface area contributed by atoms with Crippen LogP contribution in [-0.2, 0) is 9.59 Å². The smallest absolute Gasteiger partial charge is 0.269 e. The molecule has 2 amide bonds. The van der Waals surface area contributed by atoms with Crippen LogP contribution in [-0.4, -0.2) is 17.6 Å². The van der Waals surface area contributed by atoms with Crippen molar-refractivity contribution in [1.29, 1.82) is 0 Å². The zero-order valence-electron chi connectivity index (χ0n) is 9.74. The summed E-state index contributed by atoms with van der Waals surface area (Å²) in [6.07, 6.45) is -0.242. The number of carbonyl (C=O) groups excluding carboxylic acids is 3. The standard InChI is InChI=1S/C12H14N2O3/c1-8-3-5-10(6-4-8)12(17)14-13-11(16)7-9(2)15/h3-6H,7H2,1-2H3,(H,13,16)(H,14,17). The average Bonchev–Trinajstić information content (AvgIpc) is 2.26. The Morgan fingerprint density at radius 1 is 1.06 bits per heavy atom. The number of benzene rings is 1. The molecule has 90 valence electrons. The monoisotopic (exact) mass is 234 g/mol. The first-order valence-electron chi connectivity index (χ1n) is 5.14. The highest BCUT2D eigenvalue weighted by Gasteiger charge is 2.08. The molecule has 0 unspecified atom stereocenters. The van der Waals surface area contributed by atoms with Crippen molar-refractivity contribution in [2.24, 2.45) is 0 Å². The summed E-state index contributed by atoms with van der Waals surface area (Å²) in [5.74, 6) is -1.20. The Kier molecular flexibility index (Phi) is 4.39. The number of carbonyl (C=O) groups is 3. The van der Waals surface area contributed by atoms with Crippen LogP contribution in [0.1, 0.15) is 29.3 Å². The fourth-order valence-corrected chi connectivity index (χ4v) is 1.17. The van der Waals surface area contributed by atoms with E-state index in [-0.39, 0.29) is 12.2 Å². The van der Waals surface area contributed by atoms with Crippen LogP contribution in [0.4, 0.5) is 0 Å². The number of hydrogen-bond acceptors (Lipinski definition) is 3. The number of hydrazine groups is 1. The highest BCUT2D eigenvalue weighted by Crippen LogP contribution is 2.02.